The fourth-order valence-corrected chi connectivity index (χ4v) is 10.6. The molecule has 10 rings (SSSR count). The second kappa shape index (κ2) is 25.2. The average molecular weight is 1500 g/mol. The van der Waals surface area contributed by atoms with Crippen LogP contribution in [0.15, 0.2) is 35.2 Å². The van der Waals surface area contributed by atoms with Gasteiger partial charge in [-0.05, 0) is 6.07 Å². The first-order chi connectivity index (χ1) is 46.8. The Morgan fingerprint density at radius 1 is 0.168 bits per heavy atom. The Hall–Kier alpha value is -10.2. The highest BCUT2D eigenvalue weighted by Crippen LogP contribution is 2.57. The average Bonchev–Trinajstić information content (AvgIpc) is 0.713. The maximum atomic E-state index is 17.9. The topological polar surface area (TPSA) is 0 Å². The van der Waals surface area contributed by atoms with Crippen LogP contribution in [0, 0.1) is 192 Å². The third kappa shape index (κ3) is 10.1. The van der Waals surface area contributed by atoms with Crippen molar-refractivity contribution in [3.8, 4) is 55.6 Å². The Kier molecular flexibility index (Phi) is 18.3. The van der Waals surface area contributed by atoms with Gasteiger partial charge in [0.25, 0.3) is 0 Å². The predicted molar refractivity (Wildman–Crippen MR) is 256 cm³/mol. The van der Waals surface area contributed by atoms with E-state index in [1.54, 1.807) is 0 Å². The number of hydrogen-bond donors (Lipinski definition) is 0. The van der Waals surface area contributed by atoms with E-state index in [0.29, 0.717) is 0 Å². The van der Waals surface area contributed by atoms with E-state index in [1.165, 1.54) is 0 Å². The normalized spacial score (nSPS) is 16.8. The summed E-state index contributed by atoms with van der Waals surface area (Å²) in [5, 5.41) is 0. The lowest BCUT2D eigenvalue weighted by Crippen LogP contribution is -2.28. The first-order valence-electron chi connectivity index (χ1n) is 25.5. The number of hydrogen-bond acceptors (Lipinski definition) is 0. The maximum Gasteiger partial charge on any atom is 0.200 e. The van der Waals surface area contributed by atoms with Gasteiger partial charge >= 0.3 is 0 Å². The zero-order valence-corrected chi connectivity index (χ0v) is 45.9. The van der Waals surface area contributed by atoms with Gasteiger partial charge in [-0.1, -0.05) is 0 Å². The summed E-state index contributed by atoms with van der Waals surface area (Å²) < 4.78 is 643. The van der Waals surface area contributed by atoms with Crippen LogP contribution >= 0.6 is 0 Å². The molecule has 0 heterocycles. The van der Waals surface area contributed by atoms with Crippen molar-refractivity contribution in [2.45, 2.75) is 24.4 Å². The summed E-state index contributed by atoms with van der Waals surface area (Å²) in [5.74, 6) is -143. The molecule has 532 valence electrons. The van der Waals surface area contributed by atoms with Crippen molar-refractivity contribution in [1.29, 1.82) is 0 Å². The largest absolute Gasteiger partial charge is 0.241 e. The van der Waals surface area contributed by atoms with Crippen LogP contribution in [0.1, 0.15) is 28.2 Å². The first-order valence-corrected chi connectivity index (χ1v) is 25.5. The van der Waals surface area contributed by atoms with E-state index >= 15 is 127 Å². The maximum absolute atomic E-state index is 17.9. The molecular formula is C60H5F41. The van der Waals surface area contributed by atoms with Crippen molar-refractivity contribution < 1.29 is 180 Å². The molecule has 0 saturated heterocycles. The standard InChI is InChI=1S/C60H5F41/c61-20-2(1-3(5-25(66)27(68)12(28(69)26(5)67)16-41(82)49(90)57(98)50(91)42(16)83)21(62)6(20)9-29(70)35(76)13(36(77)30(9)71)17-43(84)51(92)58(99)52(93)44(17)85)4-22(63)7(10-31(72)37(78)14(38(79)32(10)73)18-45(86)53(94)59(100)54(95)46(18)87)24(65)8(23(4)64)11-33(74)39(80)15(40(81)34(11)75)19-47(88)55(96)60(101)56(97)48(19)89/h1,7,22,55,60H. The SMILES string of the molecule is FC1=C(F)C(F)C(F)C(F)=C1c1c(F)c(F)c(C2=C(F)C(c3c(F)c(F)c(-c4c(F)c(F)c(F)c(F)c4F)c(F)c3F)C(F)C(c3cc(-c4c(F)c(F)c(-c5c(F)c(F)c(F)c(F)c5F)c(F)c4F)c(F)c(-c4c(F)c(F)c(-c5c(F)c(F)c(F)c(F)c5F)c(F)c4F)c3F)=C2F)c(F)c1F. The molecule has 8 aromatic rings. The van der Waals surface area contributed by atoms with E-state index in [2.05, 4.69) is 0 Å². The van der Waals surface area contributed by atoms with Crippen molar-refractivity contribution in [2.75, 3.05) is 0 Å². The molecule has 0 radical (unpaired) electrons. The Balaban J connectivity index is 1.41. The Morgan fingerprint density at radius 2 is 0.376 bits per heavy atom. The lowest BCUT2D eigenvalue weighted by atomic mass is 9.76. The molecule has 0 nitrogen and oxygen atoms in total. The second-order valence-corrected chi connectivity index (χ2v) is 20.4. The highest BCUT2D eigenvalue weighted by atomic mass is 19.2. The predicted octanol–water partition coefficient (Wildman–Crippen LogP) is 22.3. The molecule has 0 aromatic heterocycles. The fraction of sp³-hybridized carbons (Fsp3) is 0.0667. The van der Waals surface area contributed by atoms with E-state index < -0.39 is 346 Å². The molecule has 101 heavy (non-hydrogen) atoms. The monoisotopic (exact) mass is 1500 g/mol. The van der Waals surface area contributed by atoms with E-state index in [-0.39, 0.29) is 0 Å². The molecule has 2 aliphatic rings. The summed E-state index contributed by atoms with van der Waals surface area (Å²) in [7, 11) is 0. The summed E-state index contributed by atoms with van der Waals surface area (Å²) in [6, 6.07) is -1.44. The number of allylic oxidation sites excluding steroid dienone is 8. The van der Waals surface area contributed by atoms with E-state index in [1.807, 2.05) is 0 Å². The molecule has 0 amide bonds. The molecule has 0 bridgehead atoms. The number of halogens is 41. The fourth-order valence-electron chi connectivity index (χ4n) is 10.6. The van der Waals surface area contributed by atoms with Gasteiger partial charge < -0.3 is 0 Å². The third-order valence-corrected chi connectivity index (χ3v) is 15.2. The molecule has 2 aliphatic carbocycles. The summed E-state index contributed by atoms with van der Waals surface area (Å²) in [5.41, 5.74) is -57.7. The van der Waals surface area contributed by atoms with Crippen molar-refractivity contribution in [2.24, 2.45) is 0 Å². The minimum absolute atomic E-state index is 1.44. The minimum atomic E-state index is -5.33. The van der Waals surface area contributed by atoms with Gasteiger partial charge in [-0.25, -0.2) is 180 Å². The van der Waals surface area contributed by atoms with Gasteiger partial charge in [-0.15, -0.1) is 0 Å². The summed E-state index contributed by atoms with van der Waals surface area (Å²) in [6.07, 6.45) is -13.8. The summed E-state index contributed by atoms with van der Waals surface area (Å²) in [4.78, 5) is 0. The lowest BCUT2D eigenvalue weighted by Gasteiger charge is -2.31. The number of benzene rings is 8. The van der Waals surface area contributed by atoms with Gasteiger partial charge in [-0.3, -0.25) is 0 Å². The minimum Gasteiger partial charge on any atom is -0.241 e. The first kappa shape index (κ1) is 73.6. The molecule has 0 saturated carbocycles. The van der Waals surface area contributed by atoms with Crippen LogP contribution in [0.25, 0.3) is 72.4 Å². The molecule has 0 spiro atoms. The van der Waals surface area contributed by atoms with Crippen molar-refractivity contribution >= 4 is 16.7 Å². The smallest absolute Gasteiger partial charge is 0.200 e. The van der Waals surface area contributed by atoms with E-state index in [0.717, 1.165) is 0 Å². The van der Waals surface area contributed by atoms with Crippen LogP contribution in [-0.4, -0.2) is 18.5 Å². The zero-order valence-electron chi connectivity index (χ0n) is 45.9. The van der Waals surface area contributed by atoms with Crippen LogP contribution in [0.5, 0.6) is 0 Å². The molecule has 0 N–H and O–H groups in total. The number of rotatable bonds is 9. The van der Waals surface area contributed by atoms with Crippen LogP contribution in [0.3, 0.4) is 0 Å². The van der Waals surface area contributed by atoms with Crippen LogP contribution < -0.4 is 0 Å². The Morgan fingerprint density at radius 3 is 0.673 bits per heavy atom. The van der Waals surface area contributed by atoms with E-state index in [4.69, 9.17) is 0 Å². The van der Waals surface area contributed by atoms with Crippen molar-refractivity contribution in [3.63, 3.8) is 0 Å². The molecule has 0 aliphatic heterocycles. The van der Waals surface area contributed by atoms with Gasteiger partial charge in [0, 0.05) is 22.3 Å². The summed E-state index contributed by atoms with van der Waals surface area (Å²) >= 11 is 0. The van der Waals surface area contributed by atoms with Gasteiger partial charge in [0.1, 0.15) is 35.3 Å². The molecule has 41 heteroatoms. The highest BCUT2D eigenvalue weighted by Gasteiger charge is 2.51. The molecule has 4 unspecified atom stereocenters. The molecule has 0 fully saturated rings. The van der Waals surface area contributed by atoms with Crippen LogP contribution in [-0.2, 0) is 0 Å². The van der Waals surface area contributed by atoms with E-state index in [9.17, 15) is 52.7 Å². The molecule has 8 aromatic carbocycles. The lowest BCUT2D eigenvalue weighted by molar-refractivity contribution is 0.170. The van der Waals surface area contributed by atoms with Gasteiger partial charge in [0.15, 0.2) is 187 Å². The zero-order chi connectivity index (χ0) is 75.8. The van der Waals surface area contributed by atoms with Crippen LogP contribution in [0.2, 0.25) is 0 Å². The van der Waals surface area contributed by atoms with Gasteiger partial charge in [0.2, 0.25) is 17.5 Å². The third-order valence-electron chi connectivity index (χ3n) is 15.2. The Labute approximate surface area is 525 Å². The quantitative estimate of drug-likeness (QED) is 0.0768. The van der Waals surface area contributed by atoms with Gasteiger partial charge in [-0.2, -0.15) is 0 Å². The summed E-state index contributed by atoms with van der Waals surface area (Å²) in [6.45, 7) is 0. The van der Waals surface area contributed by atoms with Crippen molar-refractivity contribution in [3.05, 3.63) is 249 Å². The number of alkyl halides is 3. The Bertz CT molecular complexity index is 5060. The molecule has 4 atom stereocenters. The van der Waals surface area contributed by atoms with Crippen LogP contribution in [0.4, 0.5) is 180 Å². The molecular weight excluding hydrogens is 1500 g/mol. The highest BCUT2D eigenvalue weighted by molar-refractivity contribution is 5.96. The van der Waals surface area contributed by atoms with Gasteiger partial charge in [0.05, 0.1) is 78.3 Å². The second-order valence-electron chi connectivity index (χ2n) is 20.4. The van der Waals surface area contributed by atoms with Crippen molar-refractivity contribution in [1.82, 2.24) is 0 Å².